The van der Waals surface area contributed by atoms with Crippen LogP contribution in [0.25, 0.3) is 0 Å². The van der Waals surface area contributed by atoms with Gasteiger partial charge in [0.05, 0.1) is 6.61 Å². The fraction of sp³-hybridized carbons (Fsp3) is 0.909. The molecule has 0 bridgehead atoms. The number of aliphatic hydroxyl groups is 1. The molecule has 2 fully saturated rings. The third-order valence-electron chi connectivity index (χ3n) is 3.84. The van der Waals surface area contributed by atoms with E-state index >= 15 is 0 Å². The molecular formula is C11H20N2O3. The van der Waals surface area contributed by atoms with Gasteiger partial charge >= 0.3 is 6.09 Å². The number of aliphatic hydroxyl groups excluding tert-OH is 1. The second kappa shape index (κ2) is 5.01. The highest BCUT2D eigenvalue weighted by Gasteiger charge is 2.33. The predicted molar refractivity (Wildman–Crippen MR) is 59.4 cm³/mol. The molecule has 0 spiro atoms. The average molecular weight is 228 g/mol. The highest BCUT2D eigenvalue weighted by atomic mass is 16.4. The summed E-state index contributed by atoms with van der Waals surface area (Å²) in [5.74, 6) is 0. The van der Waals surface area contributed by atoms with Crippen LogP contribution in [-0.4, -0.2) is 64.4 Å². The highest BCUT2D eigenvalue weighted by Crippen LogP contribution is 2.25. The zero-order chi connectivity index (χ0) is 11.5. The molecule has 0 aromatic heterocycles. The van der Waals surface area contributed by atoms with Gasteiger partial charge in [0.2, 0.25) is 0 Å². The Kier molecular flexibility index (Phi) is 3.66. The van der Waals surface area contributed by atoms with Crippen molar-refractivity contribution in [2.75, 3.05) is 26.2 Å². The van der Waals surface area contributed by atoms with Crippen molar-refractivity contribution in [3.05, 3.63) is 0 Å². The van der Waals surface area contributed by atoms with Crippen LogP contribution in [0.5, 0.6) is 0 Å². The molecule has 0 unspecified atom stereocenters. The number of carboxylic acid groups (broad SMARTS) is 1. The first-order chi connectivity index (χ1) is 7.72. The summed E-state index contributed by atoms with van der Waals surface area (Å²) in [6.07, 6.45) is 3.24. The van der Waals surface area contributed by atoms with Gasteiger partial charge in [-0.1, -0.05) is 0 Å². The fourth-order valence-corrected chi connectivity index (χ4v) is 2.92. The molecule has 0 aromatic rings. The molecule has 2 aliphatic heterocycles. The van der Waals surface area contributed by atoms with Crippen LogP contribution >= 0.6 is 0 Å². The molecule has 0 saturated carbocycles. The quantitative estimate of drug-likeness (QED) is 0.726. The fourth-order valence-electron chi connectivity index (χ4n) is 2.92. The lowest BCUT2D eigenvalue weighted by Crippen LogP contribution is -2.48. The Morgan fingerprint density at radius 2 is 1.88 bits per heavy atom. The van der Waals surface area contributed by atoms with Crippen molar-refractivity contribution in [2.24, 2.45) is 0 Å². The van der Waals surface area contributed by atoms with E-state index in [4.69, 9.17) is 5.11 Å². The Morgan fingerprint density at radius 3 is 2.44 bits per heavy atom. The topological polar surface area (TPSA) is 64.0 Å². The number of nitrogens with zero attached hydrogens (tertiary/aromatic N) is 2. The average Bonchev–Trinajstić information content (AvgIpc) is 2.77. The lowest BCUT2D eigenvalue weighted by molar-refractivity contribution is 0.0700. The third-order valence-corrected chi connectivity index (χ3v) is 3.84. The number of hydrogen-bond acceptors (Lipinski definition) is 3. The molecule has 5 nitrogen and oxygen atoms in total. The summed E-state index contributed by atoms with van der Waals surface area (Å²) in [6.45, 7) is 2.56. The van der Waals surface area contributed by atoms with Gasteiger partial charge in [0.25, 0.3) is 0 Å². The number of hydrogen-bond donors (Lipinski definition) is 2. The molecule has 0 aliphatic carbocycles. The zero-order valence-electron chi connectivity index (χ0n) is 9.51. The van der Waals surface area contributed by atoms with E-state index in [2.05, 4.69) is 4.90 Å². The van der Waals surface area contributed by atoms with E-state index in [0.29, 0.717) is 25.2 Å². The molecule has 2 rings (SSSR count). The minimum Gasteiger partial charge on any atom is -0.465 e. The maximum absolute atomic E-state index is 10.8. The first-order valence-corrected chi connectivity index (χ1v) is 6.07. The Balaban J connectivity index is 1.86. The first-order valence-electron chi connectivity index (χ1n) is 6.07. The largest absolute Gasteiger partial charge is 0.465 e. The normalized spacial score (nSPS) is 28.6. The summed E-state index contributed by atoms with van der Waals surface area (Å²) < 4.78 is 0. The van der Waals surface area contributed by atoms with Crippen molar-refractivity contribution in [3.63, 3.8) is 0 Å². The second-order valence-corrected chi connectivity index (χ2v) is 4.72. The maximum Gasteiger partial charge on any atom is 0.407 e. The van der Waals surface area contributed by atoms with Crippen LogP contribution in [0.4, 0.5) is 4.79 Å². The van der Waals surface area contributed by atoms with Gasteiger partial charge in [0, 0.05) is 25.2 Å². The van der Waals surface area contributed by atoms with Gasteiger partial charge < -0.3 is 15.1 Å². The molecular weight excluding hydrogens is 208 g/mol. The van der Waals surface area contributed by atoms with E-state index in [9.17, 15) is 9.90 Å². The van der Waals surface area contributed by atoms with Crippen molar-refractivity contribution in [1.29, 1.82) is 0 Å². The molecule has 2 aliphatic rings. The van der Waals surface area contributed by atoms with Gasteiger partial charge in [-0.05, 0) is 32.2 Å². The van der Waals surface area contributed by atoms with Crippen molar-refractivity contribution < 1.29 is 15.0 Å². The second-order valence-electron chi connectivity index (χ2n) is 4.72. The van der Waals surface area contributed by atoms with Crippen LogP contribution in [0.3, 0.4) is 0 Å². The van der Waals surface area contributed by atoms with E-state index in [1.807, 2.05) is 0 Å². The molecule has 2 saturated heterocycles. The van der Waals surface area contributed by atoms with E-state index in [-0.39, 0.29) is 6.61 Å². The summed E-state index contributed by atoms with van der Waals surface area (Å²) in [6, 6.07) is 0.775. The maximum atomic E-state index is 10.8. The highest BCUT2D eigenvalue weighted by molar-refractivity contribution is 5.65. The van der Waals surface area contributed by atoms with Crippen LogP contribution < -0.4 is 0 Å². The Morgan fingerprint density at radius 1 is 1.19 bits per heavy atom. The number of likely N-dealkylation sites (tertiary alicyclic amines) is 2. The lowest BCUT2D eigenvalue weighted by atomic mass is 10.0. The zero-order valence-corrected chi connectivity index (χ0v) is 9.51. The standard InChI is InChI=1S/C11H20N2O3/c14-8-10-2-1-5-13(10)9-3-6-12(7-4-9)11(15)16/h9-10,14H,1-8H2,(H,15,16)/t10-/m1/s1. The Hall–Kier alpha value is -0.810. The lowest BCUT2D eigenvalue weighted by Gasteiger charge is -2.38. The van der Waals surface area contributed by atoms with Gasteiger partial charge in [-0.2, -0.15) is 0 Å². The summed E-state index contributed by atoms with van der Waals surface area (Å²) >= 11 is 0. The smallest absolute Gasteiger partial charge is 0.407 e. The SMILES string of the molecule is O=C(O)N1CCC(N2CCC[C@@H]2CO)CC1. The van der Waals surface area contributed by atoms with Gasteiger partial charge in [-0.15, -0.1) is 0 Å². The molecule has 1 atom stereocenters. The monoisotopic (exact) mass is 228 g/mol. The minimum absolute atomic E-state index is 0.235. The Labute approximate surface area is 95.6 Å². The third kappa shape index (κ3) is 2.30. The summed E-state index contributed by atoms with van der Waals surface area (Å²) in [5, 5.41) is 18.1. The van der Waals surface area contributed by atoms with Crippen molar-refractivity contribution in [2.45, 2.75) is 37.8 Å². The molecule has 16 heavy (non-hydrogen) atoms. The first kappa shape index (κ1) is 11.7. The summed E-state index contributed by atoms with van der Waals surface area (Å²) in [4.78, 5) is 14.6. The van der Waals surface area contributed by atoms with Crippen LogP contribution in [0.2, 0.25) is 0 Å². The Bertz CT molecular complexity index is 252. The number of carbonyl (C=O) groups is 1. The van der Waals surface area contributed by atoms with Gasteiger partial charge in [-0.25, -0.2) is 4.79 Å². The van der Waals surface area contributed by atoms with Gasteiger partial charge in [-0.3, -0.25) is 4.90 Å². The summed E-state index contributed by atoms with van der Waals surface area (Å²) in [5.41, 5.74) is 0. The van der Waals surface area contributed by atoms with Crippen molar-refractivity contribution in [3.8, 4) is 0 Å². The van der Waals surface area contributed by atoms with Crippen molar-refractivity contribution >= 4 is 6.09 Å². The van der Waals surface area contributed by atoms with Crippen LogP contribution in [0, 0.1) is 0 Å². The minimum atomic E-state index is -0.807. The molecule has 2 N–H and O–H groups in total. The van der Waals surface area contributed by atoms with E-state index in [0.717, 1.165) is 32.2 Å². The summed E-state index contributed by atoms with van der Waals surface area (Å²) in [7, 11) is 0. The van der Waals surface area contributed by atoms with Gasteiger partial charge in [0.15, 0.2) is 0 Å². The van der Waals surface area contributed by atoms with E-state index in [1.54, 1.807) is 0 Å². The van der Waals surface area contributed by atoms with Gasteiger partial charge in [0.1, 0.15) is 0 Å². The molecule has 92 valence electrons. The van der Waals surface area contributed by atoms with E-state index < -0.39 is 6.09 Å². The van der Waals surface area contributed by atoms with Crippen LogP contribution in [-0.2, 0) is 0 Å². The van der Waals surface area contributed by atoms with Crippen LogP contribution in [0.15, 0.2) is 0 Å². The van der Waals surface area contributed by atoms with Crippen LogP contribution in [0.1, 0.15) is 25.7 Å². The number of piperidine rings is 1. The van der Waals surface area contributed by atoms with E-state index in [1.165, 1.54) is 4.90 Å². The molecule has 0 radical (unpaired) electrons. The number of rotatable bonds is 2. The molecule has 2 heterocycles. The molecule has 1 amide bonds. The number of amides is 1. The predicted octanol–water partition coefficient (Wildman–Crippen LogP) is 0.586. The van der Waals surface area contributed by atoms with Crippen molar-refractivity contribution in [1.82, 2.24) is 9.80 Å². The molecule has 0 aromatic carbocycles. The molecule has 5 heteroatoms.